The molecule has 2 saturated heterocycles. The van der Waals surface area contributed by atoms with Gasteiger partial charge in [-0.2, -0.15) is 0 Å². The van der Waals surface area contributed by atoms with E-state index in [1.807, 2.05) is 24.3 Å². The predicted octanol–water partition coefficient (Wildman–Crippen LogP) is 4.69. The fourth-order valence-electron chi connectivity index (χ4n) is 3.54. The van der Waals surface area contributed by atoms with Crippen LogP contribution in [0.25, 0.3) is 6.08 Å². The van der Waals surface area contributed by atoms with Gasteiger partial charge in [0.1, 0.15) is 13.2 Å². The van der Waals surface area contributed by atoms with Crippen molar-refractivity contribution >= 4 is 66.8 Å². The molecule has 2 aromatic carbocycles. The first kappa shape index (κ1) is 25.7. The third kappa shape index (κ3) is 6.27. The molecular formula is C24H22Br2N2O6S. The number of hydrogen-bond donors (Lipinski definition) is 0. The summed E-state index contributed by atoms with van der Waals surface area (Å²) in [7, 11) is 1.53. The van der Waals surface area contributed by atoms with Gasteiger partial charge in [-0.1, -0.05) is 28.1 Å². The topological polar surface area (TPSA) is 85.4 Å². The predicted molar refractivity (Wildman–Crippen MR) is 139 cm³/mol. The zero-order valence-corrected chi connectivity index (χ0v) is 22.8. The van der Waals surface area contributed by atoms with Crippen LogP contribution in [-0.2, 0) is 20.9 Å². The highest BCUT2D eigenvalue weighted by Crippen LogP contribution is 2.39. The highest BCUT2D eigenvalue weighted by molar-refractivity contribution is 9.10. The van der Waals surface area contributed by atoms with Crippen molar-refractivity contribution in [1.29, 1.82) is 0 Å². The van der Waals surface area contributed by atoms with Gasteiger partial charge in [-0.3, -0.25) is 19.3 Å². The van der Waals surface area contributed by atoms with Gasteiger partial charge in [0.15, 0.2) is 11.5 Å². The minimum absolute atomic E-state index is 0.238. The van der Waals surface area contributed by atoms with Crippen molar-refractivity contribution < 1.29 is 28.6 Å². The molecule has 35 heavy (non-hydrogen) atoms. The van der Waals surface area contributed by atoms with Gasteiger partial charge >= 0.3 is 0 Å². The van der Waals surface area contributed by atoms with Crippen LogP contribution in [0.1, 0.15) is 11.1 Å². The largest absolute Gasteiger partial charge is 0.493 e. The van der Waals surface area contributed by atoms with Crippen molar-refractivity contribution in [3.05, 3.63) is 61.4 Å². The maximum Gasteiger partial charge on any atom is 0.294 e. The lowest BCUT2D eigenvalue weighted by molar-refractivity contribution is -0.139. The number of carbonyl (C=O) groups is 3. The molecule has 2 heterocycles. The van der Waals surface area contributed by atoms with Gasteiger partial charge in [-0.05, 0) is 69.2 Å². The van der Waals surface area contributed by atoms with E-state index in [0.717, 1.165) is 26.7 Å². The number of benzene rings is 2. The number of ether oxygens (including phenoxy) is 3. The second-order valence-electron chi connectivity index (χ2n) is 7.71. The molecule has 8 nitrogen and oxygen atoms in total. The highest BCUT2D eigenvalue weighted by atomic mass is 79.9. The van der Waals surface area contributed by atoms with Crippen LogP contribution in [0.15, 0.2) is 50.2 Å². The van der Waals surface area contributed by atoms with E-state index in [0.29, 0.717) is 54.4 Å². The lowest BCUT2D eigenvalue weighted by Gasteiger charge is -2.28. The van der Waals surface area contributed by atoms with Crippen LogP contribution in [0.4, 0.5) is 4.79 Å². The fourth-order valence-corrected chi connectivity index (χ4v) is 5.21. The Hall–Kier alpha value is -2.34. The molecule has 3 amide bonds. The van der Waals surface area contributed by atoms with Crippen molar-refractivity contribution in [2.75, 3.05) is 40.0 Å². The summed E-state index contributed by atoms with van der Waals surface area (Å²) in [5.41, 5.74) is 1.64. The second kappa shape index (κ2) is 11.6. The standard InChI is InChI=1S/C24H22Br2N2O6S/c1-32-19-11-16(10-18(26)22(19)34-14-15-2-4-17(25)5-3-15)12-20-23(30)28(24(31)35-20)13-21(29)27-6-8-33-9-7-27/h2-5,10-12H,6-9,13-14H2,1H3/b20-12+. The average Bonchev–Trinajstić information content (AvgIpc) is 3.11. The summed E-state index contributed by atoms with van der Waals surface area (Å²) >= 11 is 7.74. The van der Waals surface area contributed by atoms with Crippen LogP contribution in [0, 0.1) is 0 Å². The summed E-state index contributed by atoms with van der Waals surface area (Å²) in [4.78, 5) is 40.7. The van der Waals surface area contributed by atoms with Gasteiger partial charge in [0.2, 0.25) is 5.91 Å². The molecule has 0 N–H and O–H groups in total. The molecule has 0 aromatic heterocycles. The fraction of sp³-hybridized carbons (Fsp3) is 0.292. The first-order valence-corrected chi connectivity index (χ1v) is 13.1. The number of hydrogen-bond acceptors (Lipinski definition) is 7. The maximum atomic E-state index is 12.9. The highest BCUT2D eigenvalue weighted by Gasteiger charge is 2.37. The number of imide groups is 1. The van der Waals surface area contributed by atoms with Gasteiger partial charge in [0.25, 0.3) is 11.1 Å². The molecule has 0 spiro atoms. The minimum Gasteiger partial charge on any atom is -0.493 e. The van der Waals surface area contributed by atoms with Crippen LogP contribution in [-0.4, -0.2) is 66.8 Å². The number of carbonyl (C=O) groups excluding carboxylic acids is 3. The van der Waals surface area contributed by atoms with Gasteiger partial charge < -0.3 is 19.1 Å². The Bertz CT molecular complexity index is 1170. The number of methoxy groups -OCH3 is 1. The molecule has 0 aliphatic carbocycles. The van der Waals surface area contributed by atoms with Gasteiger partial charge in [0.05, 0.1) is 29.7 Å². The van der Waals surface area contributed by atoms with Gasteiger partial charge in [-0.25, -0.2) is 0 Å². The molecule has 0 radical (unpaired) electrons. The second-order valence-corrected chi connectivity index (χ2v) is 10.5. The van der Waals surface area contributed by atoms with Gasteiger partial charge in [-0.15, -0.1) is 0 Å². The van der Waals surface area contributed by atoms with Gasteiger partial charge in [0, 0.05) is 17.6 Å². The van der Waals surface area contributed by atoms with Crippen molar-refractivity contribution in [2.45, 2.75) is 6.61 Å². The number of rotatable bonds is 7. The SMILES string of the molecule is COc1cc(/C=C2/SC(=O)N(CC(=O)N3CCOCC3)C2=O)cc(Br)c1OCc1ccc(Br)cc1. The molecule has 0 unspecified atom stereocenters. The Kier molecular flexibility index (Phi) is 8.53. The molecule has 4 rings (SSSR count). The average molecular weight is 626 g/mol. The number of morpholine rings is 1. The third-order valence-electron chi connectivity index (χ3n) is 5.38. The van der Waals surface area contributed by atoms with Crippen LogP contribution in [0.3, 0.4) is 0 Å². The van der Waals surface area contributed by atoms with Crippen molar-refractivity contribution in [2.24, 2.45) is 0 Å². The summed E-state index contributed by atoms with van der Waals surface area (Å²) in [5.74, 6) is 0.238. The molecule has 2 fully saturated rings. The normalized spacial score (nSPS) is 17.3. The summed E-state index contributed by atoms with van der Waals surface area (Å²) in [5, 5.41) is -0.469. The van der Waals surface area contributed by atoms with E-state index in [1.165, 1.54) is 7.11 Å². The third-order valence-corrected chi connectivity index (χ3v) is 7.40. The Morgan fingerprint density at radius 2 is 1.86 bits per heavy atom. The lowest BCUT2D eigenvalue weighted by Crippen LogP contribution is -2.46. The van der Waals surface area contributed by atoms with Crippen molar-refractivity contribution in [1.82, 2.24) is 9.80 Å². The molecule has 184 valence electrons. The van der Waals surface area contributed by atoms with Crippen molar-refractivity contribution in [3.63, 3.8) is 0 Å². The molecule has 0 bridgehead atoms. The number of amides is 3. The molecule has 2 aromatic rings. The number of thioether (sulfide) groups is 1. The number of halogens is 2. The van der Waals surface area contributed by atoms with Crippen LogP contribution in [0.5, 0.6) is 11.5 Å². The number of nitrogens with zero attached hydrogens (tertiary/aromatic N) is 2. The van der Waals surface area contributed by atoms with E-state index in [2.05, 4.69) is 31.9 Å². The quantitative estimate of drug-likeness (QED) is 0.413. The zero-order chi connectivity index (χ0) is 24.9. The Labute approximate surface area is 223 Å². The van der Waals surface area contributed by atoms with E-state index in [1.54, 1.807) is 23.1 Å². The molecule has 0 atom stereocenters. The molecule has 2 aliphatic rings. The first-order valence-electron chi connectivity index (χ1n) is 10.7. The Morgan fingerprint density at radius 3 is 2.54 bits per heavy atom. The van der Waals surface area contributed by atoms with E-state index in [-0.39, 0.29) is 17.4 Å². The van der Waals surface area contributed by atoms with E-state index >= 15 is 0 Å². The smallest absolute Gasteiger partial charge is 0.294 e. The minimum atomic E-state index is -0.493. The van der Waals surface area contributed by atoms with E-state index in [9.17, 15) is 14.4 Å². The van der Waals surface area contributed by atoms with E-state index < -0.39 is 11.1 Å². The summed E-state index contributed by atoms with van der Waals surface area (Å²) in [6, 6.07) is 11.3. The summed E-state index contributed by atoms with van der Waals surface area (Å²) in [6.45, 7) is 1.87. The van der Waals surface area contributed by atoms with Crippen LogP contribution < -0.4 is 9.47 Å². The summed E-state index contributed by atoms with van der Waals surface area (Å²) in [6.07, 6.45) is 1.61. The maximum absolute atomic E-state index is 12.9. The molecule has 2 aliphatic heterocycles. The van der Waals surface area contributed by atoms with Crippen LogP contribution in [0.2, 0.25) is 0 Å². The lowest BCUT2D eigenvalue weighted by atomic mass is 10.1. The molecular weight excluding hydrogens is 604 g/mol. The van der Waals surface area contributed by atoms with Crippen LogP contribution >= 0.6 is 43.6 Å². The van der Waals surface area contributed by atoms with E-state index in [4.69, 9.17) is 14.2 Å². The summed E-state index contributed by atoms with van der Waals surface area (Å²) < 4.78 is 18.4. The monoisotopic (exact) mass is 624 g/mol. The molecule has 0 saturated carbocycles. The first-order chi connectivity index (χ1) is 16.9. The molecule has 11 heteroatoms. The Morgan fingerprint density at radius 1 is 1.14 bits per heavy atom. The Balaban J connectivity index is 1.47. The van der Waals surface area contributed by atoms with Crippen molar-refractivity contribution in [3.8, 4) is 11.5 Å². The zero-order valence-electron chi connectivity index (χ0n) is 18.8.